The Bertz CT molecular complexity index is 843. The molecule has 0 atom stereocenters. The van der Waals surface area contributed by atoms with Gasteiger partial charge in [-0.05, 0) is 53.5 Å². The SMILES string of the molecule is Cc1ccc(-c2ccc([Si](C)(C)C)cc2)c2c1CC(CC1CCCCC1)=C2. The summed E-state index contributed by atoms with van der Waals surface area (Å²) in [5, 5.41) is 1.54. The topological polar surface area (TPSA) is 0 Å². The Hall–Kier alpha value is -1.60. The van der Waals surface area contributed by atoms with Gasteiger partial charge in [-0.2, -0.15) is 0 Å². The Labute approximate surface area is 166 Å². The van der Waals surface area contributed by atoms with Crippen molar-refractivity contribution in [3.63, 3.8) is 0 Å². The molecule has 2 aliphatic rings. The zero-order valence-corrected chi connectivity index (χ0v) is 18.6. The van der Waals surface area contributed by atoms with Crippen molar-refractivity contribution in [3.05, 3.63) is 58.7 Å². The molecule has 2 aliphatic carbocycles. The van der Waals surface area contributed by atoms with Crippen LogP contribution in [-0.4, -0.2) is 8.07 Å². The smallest absolute Gasteiger partial charge is 0.0656 e. The Kier molecular flexibility index (Phi) is 5.16. The van der Waals surface area contributed by atoms with Crippen molar-refractivity contribution in [1.29, 1.82) is 0 Å². The van der Waals surface area contributed by atoms with E-state index >= 15 is 0 Å². The number of fused-ring (bicyclic) bond motifs is 1. The number of hydrogen-bond acceptors (Lipinski definition) is 0. The summed E-state index contributed by atoms with van der Waals surface area (Å²) in [7, 11) is -1.23. The number of rotatable bonds is 4. The number of aryl methyl sites for hydroxylation is 1. The van der Waals surface area contributed by atoms with Crippen LogP contribution in [0.1, 0.15) is 55.2 Å². The molecule has 0 unspecified atom stereocenters. The highest BCUT2D eigenvalue weighted by molar-refractivity contribution is 6.88. The van der Waals surface area contributed by atoms with E-state index in [4.69, 9.17) is 0 Å². The molecule has 2 aromatic rings. The number of allylic oxidation sites excluding steroid dienone is 1. The summed E-state index contributed by atoms with van der Waals surface area (Å²) in [6, 6.07) is 14.1. The average molecular weight is 375 g/mol. The molecule has 0 N–H and O–H groups in total. The van der Waals surface area contributed by atoms with Crippen LogP contribution in [-0.2, 0) is 6.42 Å². The zero-order valence-electron chi connectivity index (χ0n) is 17.6. The lowest BCUT2D eigenvalue weighted by Crippen LogP contribution is -2.37. The van der Waals surface area contributed by atoms with Crippen LogP contribution in [0.2, 0.25) is 19.6 Å². The summed E-state index contributed by atoms with van der Waals surface area (Å²) < 4.78 is 0. The fraction of sp³-hybridized carbons (Fsp3) is 0.462. The average Bonchev–Trinajstić information content (AvgIpc) is 3.07. The molecule has 0 radical (unpaired) electrons. The molecule has 0 heterocycles. The lowest BCUT2D eigenvalue weighted by atomic mass is 9.84. The highest BCUT2D eigenvalue weighted by Gasteiger charge is 2.22. The molecule has 0 aliphatic heterocycles. The second-order valence-electron chi connectivity index (χ2n) is 9.84. The quantitative estimate of drug-likeness (QED) is 0.500. The number of benzene rings is 2. The molecule has 0 nitrogen and oxygen atoms in total. The first-order valence-electron chi connectivity index (χ1n) is 10.8. The van der Waals surface area contributed by atoms with Crippen LogP contribution in [0.4, 0.5) is 0 Å². The minimum Gasteiger partial charge on any atom is -0.0656 e. The van der Waals surface area contributed by atoms with Crippen LogP contribution < -0.4 is 5.19 Å². The van der Waals surface area contributed by atoms with Crippen molar-refractivity contribution in [2.75, 3.05) is 0 Å². The first-order valence-corrected chi connectivity index (χ1v) is 14.3. The standard InChI is InChI=1S/C26H34Si/c1-19-10-15-24(22-11-13-23(14-12-22)27(2,3)4)26-18-21(17-25(19)26)16-20-8-6-5-7-9-20/h10-15,18,20H,5-9,16-17H2,1-4H3. The van der Waals surface area contributed by atoms with E-state index in [0.717, 1.165) is 5.92 Å². The predicted molar refractivity (Wildman–Crippen MR) is 122 cm³/mol. The van der Waals surface area contributed by atoms with Gasteiger partial charge in [-0.3, -0.25) is 0 Å². The van der Waals surface area contributed by atoms with Crippen molar-refractivity contribution < 1.29 is 0 Å². The molecule has 142 valence electrons. The van der Waals surface area contributed by atoms with Gasteiger partial charge in [0, 0.05) is 0 Å². The highest BCUT2D eigenvalue weighted by Crippen LogP contribution is 2.39. The van der Waals surface area contributed by atoms with Crippen LogP contribution in [0.5, 0.6) is 0 Å². The zero-order chi connectivity index (χ0) is 19.0. The largest absolute Gasteiger partial charge is 0.0775 e. The first kappa shape index (κ1) is 18.7. The third-order valence-corrected chi connectivity index (χ3v) is 8.75. The van der Waals surface area contributed by atoms with Gasteiger partial charge in [-0.25, -0.2) is 0 Å². The molecule has 0 saturated heterocycles. The first-order chi connectivity index (χ1) is 12.9. The summed E-state index contributed by atoms with van der Waals surface area (Å²) in [5.74, 6) is 0.930. The normalized spacial score (nSPS) is 17.7. The monoisotopic (exact) mass is 374 g/mol. The molecule has 0 aromatic heterocycles. The molecule has 27 heavy (non-hydrogen) atoms. The van der Waals surface area contributed by atoms with Gasteiger partial charge in [0.1, 0.15) is 0 Å². The molecule has 4 rings (SSSR count). The summed E-state index contributed by atoms with van der Waals surface area (Å²) >= 11 is 0. The van der Waals surface area contributed by atoms with Crippen molar-refractivity contribution in [2.24, 2.45) is 5.92 Å². The molecule has 1 heteroatoms. The van der Waals surface area contributed by atoms with Crippen molar-refractivity contribution in [1.82, 2.24) is 0 Å². The maximum atomic E-state index is 2.54. The van der Waals surface area contributed by atoms with Crippen molar-refractivity contribution in [2.45, 2.75) is 71.5 Å². The third-order valence-electron chi connectivity index (χ3n) is 6.68. The van der Waals surface area contributed by atoms with E-state index in [0.29, 0.717) is 0 Å². The van der Waals surface area contributed by atoms with Gasteiger partial charge in [-0.1, -0.05) is 105 Å². The minimum absolute atomic E-state index is 0.930. The van der Waals surface area contributed by atoms with Gasteiger partial charge in [0.25, 0.3) is 0 Å². The Morgan fingerprint density at radius 2 is 1.59 bits per heavy atom. The fourth-order valence-corrected chi connectivity index (χ4v) is 6.12. The highest BCUT2D eigenvalue weighted by atomic mass is 28.3. The van der Waals surface area contributed by atoms with E-state index < -0.39 is 8.07 Å². The second-order valence-corrected chi connectivity index (χ2v) is 14.9. The molecule has 1 saturated carbocycles. The van der Waals surface area contributed by atoms with E-state index in [2.05, 4.69) is 69.0 Å². The molecule has 1 fully saturated rings. The molecule has 0 amide bonds. The van der Waals surface area contributed by atoms with Crippen LogP contribution in [0.15, 0.2) is 42.0 Å². The lowest BCUT2D eigenvalue weighted by Gasteiger charge is -2.21. The van der Waals surface area contributed by atoms with Gasteiger partial charge >= 0.3 is 0 Å². The van der Waals surface area contributed by atoms with E-state index in [1.807, 2.05) is 0 Å². The predicted octanol–water partition coefficient (Wildman–Crippen LogP) is 7.12. The van der Waals surface area contributed by atoms with Crippen molar-refractivity contribution >= 4 is 19.3 Å². The van der Waals surface area contributed by atoms with Gasteiger partial charge < -0.3 is 0 Å². The van der Waals surface area contributed by atoms with E-state index in [1.165, 1.54) is 67.2 Å². The molecule has 0 bridgehead atoms. The van der Waals surface area contributed by atoms with E-state index in [-0.39, 0.29) is 0 Å². The summed E-state index contributed by atoms with van der Waals surface area (Å²) in [6.45, 7) is 9.55. The Morgan fingerprint density at radius 1 is 0.889 bits per heavy atom. The summed E-state index contributed by atoms with van der Waals surface area (Å²) in [4.78, 5) is 0. The molecule has 2 aromatic carbocycles. The van der Waals surface area contributed by atoms with Gasteiger partial charge in [0.15, 0.2) is 0 Å². The van der Waals surface area contributed by atoms with Crippen LogP contribution in [0.25, 0.3) is 17.2 Å². The molecular formula is C26H34Si. The van der Waals surface area contributed by atoms with E-state index in [1.54, 1.807) is 16.3 Å². The molecular weight excluding hydrogens is 340 g/mol. The van der Waals surface area contributed by atoms with E-state index in [9.17, 15) is 0 Å². The maximum absolute atomic E-state index is 2.54. The van der Waals surface area contributed by atoms with Crippen LogP contribution in [0.3, 0.4) is 0 Å². The van der Waals surface area contributed by atoms with Gasteiger partial charge in [0.05, 0.1) is 8.07 Å². The lowest BCUT2D eigenvalue weighted by molar-refractivity contribution is 0.355. The summed E-state index contributed by atoms with van der Waals surface area (Å²) in [5.41, 5.74) is 9.02. The molecule has 0 spiro atoms. The van der Waals surface area contributed by atoms with Gasteiger partial charge in [-0.15, -0.1) is 0 Å². The van der Waals surface area contributed by atoms with Gasteiger partial charge in [0.2, 0.25) is 0 Å². The summed E-state index contributed by atoms with van der Waals surface area (Å²) in [6.07, 6.45) is 12.3. The third kappa shape index (κ3) is 3.99. The maximum Gasteiger partial charge on any atom is 0.0775 e. The number of hydrogen-bond donors (Lipinski definition) is 0. The van der Waals surface area contributed by atoms with Crippen LogP contribution >= 0.6 is 0 Å². The van der Waals surface area contributed by atoms with Crippen molar-refractivity contribution in [3.8, 4) is 11.1 Å². The second kappa shape index (κ2) is 7.43. The Morgan fingerprint density at radius 3 is 2.26 bits per heavy atom. The minimum atomic E-state index is -1.23. The van der Waals surface area contributed by atoms with Crippen LogP contribution in [0, 0.1) is 12.8 Å². The Balaban J connectivity index is 1.63. The fourth-order valence-electron chi connectivity index (χ4n) is 4.95.